The molecule has 7 nitrogen and oxygen atoms in total. The first-order valence-corrected chi connectivity index (χ1v) is 12.5. The topological polar surface area (TPSA) is 121 Å². The van der Waals surface area contributed by atoms with Crippen molar-refractivity contribution in [2.75, 3.05) is 0 Å². The zero-order chi connectivity index (χ0) is 23.3. The van der Waals surface area contributed by atoms with Crippen LogP contribution in [0.3, 0.4) is 0 Å². The molecule has 0 saturated heterocycles. The van der Waals surface area contributed by atoms with Crippen molar-refractivity contribution in [3.8, 4) is 5.75 Å². The number of benzene rings is 2. The van der Waals surface area contributed by atoms with Gasteiger partial charge >= 0.3 is 11.9 Å². The lowest BCUT2D eigenvalue weighted by atomic mass is 10.1. The zero-order valence-corrected chi connectivity index (χ0v) is 22.8. The van der Waals surface area contributed by atoms with Crippen molar-refractivity contribution in [3.05, 3.63) is 48.7 Å². The predicted octanol–water partition coefficient (Wildman–Crippen LogP) is 4.48. The van der Waals surface area contributed by atoms with Gasteiger partial charge in [0.05, 0.1) is 11.1 Å². The highest BCUT2D eigenvalue weighted by Crippen LogP contribution is 2.36. The number of esters is 1. The van der Waals surface area contributed by atoms with E-state index in [4.69, 9.17) is 0 Å². The molecule has 0 atom stereocenters. The number of halogens is 8. The summed E-state index contributed by atoms with van der Waals surface area (Å²) >= 11 is 6.77. The third-order valence-corrected chi connectivity index (χ3v) is 11.6. The van der Waals surface area contributed by atoms with Gasteiger partial charge in [-0.1, -0.05) is 0 Å². The highest BCUT2D eigenvalue weighted by molar-refractivity contribution is 14.1. The number of aromatic carboxylic acids is 1. The van der Waals surface area contributed by atoms with Crippen LogP contribution >= 0.6 is 90.4 Å². The molecule has 1 N–H and O–H groups in total. The lowest BCUT2D eigenvalue weighted by Gasteiger charge is -2.16. The second-order valence-corrected chi connectivity index (χ2v) is 10.7. The highest BCUT2D eigenvalue weighted by atomic mass is 127. The Morgan fingerprint density at radius 2 is 1.20 bits per heavy atom. The van der Waals surface area contributed by atoms with Crippen molar-refractivity contribution < 1.29 is 50.0 Å². The quantitative estimate of drug-likeness (QED) is 0.0915. The molecular weight excluding hydrogens is 896 g/mol. The van der Waals surface area contributed by atoms with Gasteiger partial charge in [0, 0.05) is 14.3 Å². The molecule has 0 saturated carbocycles. The van der Waals surface area contributed by atoms with Crippen molar-refractivity contribution in [2.24, 2.45) is 0 Å². The smallest absolute Gasteiger partial charge is 0.345 e. The van der Waals surface area contributed by atoms with Gasteiger partial charge in [-0.15, -0.1) is 0 Å². The van der Waals surface area contributed by atoms with E-state index < -0.39 is 67.1 Å². The fraction of sp³-hybridized carbons (Fsp3) is 0. The molecule has 16 heteroatoms. The summed E-state index contributed by atoms with van der Waals surface area (Å²) in [6, 6.07) is 0. The minimum absolute atomic E-state index is 0.0148. The minimum atomic E-state index is -5.95. The van der Waals surface area contributed by atoms with Crippen molar-refractivity contribution in [2.45, 2.75) is 4.90 Å². The van der Waals surface area contributed by atoms with E-state index in [-0.39, 0.29) is 7.14 Å². The Hall–Kier alpha value is -0.0700. The molecule has 0 aliphatic rings. The van der Waals surface area contributed by atoms with Crippen LogP contribution in [0.15, 0.2) is 4.90 Å². The summed E-state index contributed by atoms with van der Waals surface area (Å²) in [4.78, 5) is 21.7. The van der Waals surface area contributed by atoms with E-state index in [0.29, 0.717) is 7.14 Å². The Morgan fingerprint density at radius 1 is 0.800 bits per heavy atom. The summed E-state index contributed by atoms with van der Waals surface area (Å²) in [5, 5.41) is 9.43. The SMILES string of the molecule is O=C(O)c1c(I)c(I)c(I)c(I)c1C(=O)Oc1c(F)c(F)c(S(=O)(=O)[O-])c(F)c1F. The highest BCUT2D eigenvalue weighted by Gasteiger charge is 2.34. The maximum absolute atomic E-state index is 14.1. The third kappa shape index (κ3) is 4.66. The van der Waals surface area contributed by atoms with Crippen molar-refractivity contribution in [1.82, 2.24) is 0 Å². The molecule has 0 unspecified atom stereocenters. The molecule has 2 aromatic carbocycles. The van der Waals surface area contributed by atoms with Gasteiger partial charge < -0.3 is 14.4 Å². The van der Waals surface area contributed by atoms with Crippen LogP contribution in [-0.2, 0) is 10.1 Å². The van der Waals surface area contributed by atoms with E-state index in [1.165, 1.54) is 0 Å². The monoisotopic (exact) mass is 897 g/mol. The van der Waals surface area contributed by atoms with Crippen LogP contribution in [0.5, 0.6) is 5.75 Å². The van der Waals surface area contributed by atoms with Crippen LogP contribution < -0.4 is 4.74 Å². The molecule has 0 bridgehead atoms. The Bertz CT molecular complexity index is 1210. The fourth-order valence-electron chi connectivity index (χ4n) is 2.07. The molecule has 2 aromatic rings. The molecule has 0 heterocycles. The van der Waals surface area contributed by atoms with Crippen LogP contribution in [-0.4, -0.2) is 30.0 Å². The molecule has 0 radical (unpaired) electrons. The van der Waals surface area contributed by atoms with Gasteiger partial charge in [-0.2, -0.15) is 8.78 Å². The first-order chi connectivity index (χ1) is 13.6. The number of carbonyl (C=O) groups excluding carboxylic acids is 1. The van der Waals surface area contributed by atoms with E-state index in [1.54, 1.807) is 90.4 Å². The number of hydrogen-bond donors (Lipinski definition) is 1. The molecule has 0 aliphatic heterocycles. The van der Waals surface area contributed by atoms with E-state index in [9.17, 15) is 45.2 Å². The standard InChI is InChI=1S/C14H2F4I4O7S/c15-3-5(17)12(30(26,27)28)6(18)4(16)11(3)29-14(25)2-1(13(23)24)7(19)9(21)10(22)8(2)20/h(H,23,24)(H,26,27,28)/p-1. The molecule has 0 spiro atoms. The normalized spacial score (nSPS) is 11.5. The number of hydrogen-bond acceptors (Lipinski definition) is 6. The Morgan fingerprint density at radius 3 is 1.57 bits per heavy atom. The van der Waals surface area contributed by atoms with Gasteiger partial charge in [0.1, 0.15) is 15.0 Å². The minimum Gasteiger partial charge on any atom is -0.744 e. The molecule has 0 aromatic heterocycles. The van der Waals surface area contributed by atoms with E-state index >= 15 is 0 Å². The number of carbonyl (C=O) groups is 2. The van der Waals surface area contributed by atoms with Crippen LogP contribution in [0.2, 0.25) is 0 Å². The van der Waals surface area contributed by atoms with E-state index in [1.807, 2.05) is 0 Å². The average molecular weight is 897 g/mol. The van der Waals surface area contributed by atoms with Gasteiger partial charge in [0.2, 0.25) is 17.4 Å². The van der Waals surface area contributed by atoms with Gasteiger partial charge in [-0.3, -0.25) is 0 Å². The number of rotatable bonds is 4. The van der Waals surface area contributed by atoms with Gasteiger partial charge in [0.25, 0.3) is 0 Å². The predicted molar refractivity (Wildman–Crippen MR) is 123 cm³/mol. The number of carboxylic acids is 1. The summed E-state index contributed by atoms with van der Waals surface area (Å²) < 4.78 is 93.8. The first-order valence-electron chi connectivity index (χ1n) is 6.76. The van der Waals surface area contributed by atoms with E-state index in [2.05, 4.69) is 4.74 Å². The Labute approximate surface area is 219 Å². The zero-order valence-electron chi connectivity index (χ0n) is 13.3. The lowest BCUT2D eigenvalue weighted by molar-refractivity contribution is 0.0659. The van der Waals surface area contributed by atoms with Crippen LogP contribution in [0.4, 0.5) is 17.6 Å². The maximum Gasteiger partial charge on any atom is 0.345 e. The number of carboxylic acid groups (broad SMARTS) is 1. The van der Waals surface area contributed by atoms with Crippen molar-refractivity contribution >= 4 is 112 Å². The average Bonchev–Trinajstić information content (AvgIpc) is 2.63. The summed E-state index contributed by atoms with van der Waals surface area (Å²) in [7, 11) is -5.95. The van der Waals surface area contributed by atoms with Gasteiger partial charge in [0.15, 0.2) is 11.6 Å². The van der Waals surface area contributed by atoms with E-state index in [0.717, 1.165) is 0 Å². The van der Waals surface area contributed by atoms with Gasteiger partial charge in [-0.05, 0) is 90.4 Å². The molecule has 2 rings (SSSR count). The largest absolute Gasteiger partial charge is 0.744 e. The Balaban J connectivity index is 2.76. The van der Waals surface area contributed by atoms with Crippen molar-refractivity contribution in [1.29, 1.82) is 0 Å². The number of ether oxygens (including phenoxy) is 1. The van der Waals surface area contributed by atoms with Crippen LogP contribution in [0, 0.1) is 37.5 Å². The first kappa shape index (κ1) is 26.2. The molecule has 30 heavy (non-hydrogen) atoms. The molecular formula is C14HF4I4O7S-. The van der Waals surface area contributed by atoms with Crippen molar-refractivity contribution in [3.63, 3.8) is 0 Å². The fourth-order valence-corrected chi connectivity index (χ4v) is 6.33. The van der Waals surface area contributed by atoms with Gasteiger partial charge in [-0.25, -0.2) is 26.8 Å². The summed E-state index contributed by atoms with van der Waals surface area (Å²) in [5.74, 6) is -15.4. The maximum atomic E-state index is 14.1. The van der Waals surface area contributed by atoms with Crippen LogP contribution in [0.25, 0.3) is 0 Å². The summed E-state index contributed by atoms with van der Waals surface area (Å²) in [6.07, 6.45) is 0. The Kier molecular flexibility index (Phi) is 8.23. The second kappa shape index (κ2) is 9.43. The lowest BCUT2D eigenvalue weighted by Crippen LogP contribution is -2.21. The summed E-state index contributed by atoms with van der Waals surface area (Å²) in [5.41, 5.74) is -1.24. The summed E-state index contributed by atoms with van der Waals surface area (Å²) in [6.45, 7) is 0. The molecule has 162 valence electrons. The molecule has 0 fully saturated rings. The van der Waals surface area contributed by atoms with Crippen LogP contribution in [0.1, 0.15) is 20.7 Å². The molecule has 0 aliphatic carbocycles. The second-order valence-electron chi connectivity index (χ2n) is 5.07. The third-order valence-electron chi connectivity index (χ3n) is 3.31. The molecule has 0 amide bonds.